The second-order valence-electron chi connectivity index (χ2n) is 7.04. The quantitative estimate of drug-likeness (QED) is 0.760. The predicted molar refractivity (Wildman–Crippen MR) is 95.1 cm³/mol. The number of hydrogen-bond acceptors (Lipinski definition) is 6. The average molecular weight is 383 g/mol. The van der Waals surface area contributed by atoms with E-state index in [1.165, 1.54) is 6.26 Å². The van der Waals surface area contributed by atoms with Gasteiger partial charge in [-0.2, -0.15) is 0 Å². The second-order valence-corrected chi connectivity index (χ2v) is 9.27. The molecule has 3 rings (SSSR count). The Hall–Kier alpha value is -1.87. The van der Waals surface area contributed by atoms with Crippen molar-refractivity contribution in [3.63, 3.8) is 0 Å². The summed E-state index contributed by atoms with van der Waals surface area (Å²) in [5.41, 5.74) is 0. The Morgan fingerprint density at radius 1 is 1.23 bits per heavy atom. The molecule has 1 aromatic rings. The fourth-order valence-electron chi connectivity index (χ4n) is 3.62. The first-order chi connectivity index (χ1) is 12.4. The first kappa shape index (κ1) is 18.9. The number of rotatable bonds is 6. The summed E-state index contributed by atoms with van der Waals surface area (Å²) in [5.74, 6) is 0.347. The van der Waals surface area contributed by atoms with Gasteiger partial charge in [0.05, 0.1) is 30.9 Å². The fourth-order valence-corrected chi connectivity index (χ4v) is 5.38. The van der Waals surface area contributed by atoms with Gasteiger partial charge < -0.3 is 9.73 Å². The molecule has 1 saturated heterocycles. The lowest BCUT2D eigenvalue weighted by molar-refractivity contribution is -0.121. The summed E-state index contributed by atoms with van der Waals surface area (Å²) in [5, 5.41) is 5.16. The molecule has 1 aromatic heterocycles. The molecular weight excluding hydrogens is 358 g/mol. The number of carbonyl (C=O) groups is 2. The first-order valence-electron chi connectivity index (χ1n) is 8.98. The monoisotopic (exact) mass is 383 g/mol. The van der Waals surface area contributed by atoms with Gasteiger partial charge in [-0.3, -0.25) is 15.0 Å². The van der Waals surface area contributed by atoms with Crippen LogP contribution in [-0.4, -0.2) is 55.4 Å². The maximum atomic E-state index is 12.3. The van der Waals surface area contributed by atoms with Gasteiger partial charge in [0.2, 0.25) is 5.91 Å². The van der Waals surface area contributed by atoms with E-state index in [1.54, 1.807) is 17.0 Å². The van der Waals surface area contributed by atoms with Crippen molar-refractivity contribution in [2.24, 2.45) is 0 Å². The van der Waals surface area contributed by atoms with E-state index >= 15 is 0 Å². The summed E-state index contributed by atoms with van der Waals surface area (Å²) in [7, 11) is -3.08. The van der Waals surface area contributed by atoms with Crippen LogP contribution in [0.2, 0.25) is 0 Å². The van der Waals surface area contributed by atoms with E-state index in [4.69, 9.17) is 4.42 Å². The van der Waals surface area contributed by atoms with Crippen molar-refractivity contribution < 1.29 is 22.4 Å². The highest BCUT2D eigenvalue weighted by atomic mass is 32.2. The number of imide groups is 1. The Balaban J connectivity index is 1.57. The summed E-state index contributed by atoms with van der Waals surface area (Å²) in [6.45, 7) is 0.268. The number of furan rings is 1. The van der Waals surface area contributed by atoms with E-state index in [-0.39, 0.29) is 30.1 Å². The van der Waals surface area contributed by atoms with E-state index in [9.17, 15) is 18.0 Å². The number of hydrogen-bond donors (Lipinski definition) is 2. The third kappa shape index (κ3) is 5.31. The lowest BCUT2D eigenvalue weighted by Gasteiger charge is -2.26. The molecule has 3 amide bonds. The maximum absolute atomic E-state index is 12.3. The van der Waals surface area contributed by atoms with Gasteiger partial charge in [-0.25, -0.2) is 13.2 Å². The number of urea groups is 1. The second kappa shape index (κ2) is 8.22. The smallest absolute Gasteiger partial charge is 0.321 e. The molecular formula is C17H25N3O5S. The Labute approximate surface area is 153 Å². The summed E-state index contributed by atoms with van der Waals surface area (Å²) < 4.78 is 28.9. The van der Waals surface area contributed by atoms with Crippen molar-refractivity contribution in [1.82, 2.24) is 15.5 Å². The highest BCUT2D eigenvalue weighted by Crippen LogP contribution is 2.20. The summed E-state index contributed by atoms with van der Waals surface area (Å²) in [6.07, 6.45) is 6.06. The van der Waals surface area contributed by atoms with Crippen LogP contribution in [0.25, 0.3) is 0 Å². The fraction of sp³-hybridized carbons (Fsp3) is 0.647. The molecule has 2 N–H and O–H groups in total. The Morgan fingerprint density at radius 3 is 2.62 bits per heavy atom. The van der Waals surface area contributed by atoms with E-state index in [2.05, 4.69) is 10.6 Å². The summed E-state index contributed by atoms with van der Waals surface area (Å²) in [6, 6.07) is 2.91. The van der Waals surface area contributed by atoms with Crippen LogP contribution in [0.1, 0.15) is 37.9 Å². The molecule has 1 atom stereocenters. The van der Waals surface area contributed by atoms with Crippen molar-refractivity contribution in [2.45, 2.75) is 50.7 Å². The van der Waals surface area contributed by atoms with Gasteiger partial charge in [0, 0.05) is 12.1 Å². The Morgan fingerprint density at radius 2 is 2.00 bits per heavy atom. The molecule has 1 saturated carbocycles. The van der Waals surface area contributed by atoms with Gasteiger partial charge in [-0.1, -0.05) is 12.8 Å². The van der Waals surface area contributed by atoms with Gasteiger partial charge in [0.15, 0.2) is 9.84 Å². The molecule has 26 heavy (non-hydrogen) atoms. The zero-order valence-electron chi connectivity index (χ0n) is 14.6. The number of amides is 3. The Bertz CT molecular complexity index is 726. The van der Waals surface area contributed by atoms with Crippen molar-refractivity contribution in [3.8, 4) is 0 Å². The zero-order valence-corrected chi connectivity index (χ0v) is 15.5. The molecule has 2 heterocycles. The molecule has 0 radical (unpaired) electrons. The standard InChI is InChI=1S/C17H25N3O5S/c21-16(19-17(22)18-13-4-1-2-5-13)11-20(10-15-6-3-8-25-15)14-7-9-26(23,24)12-14/h3,6,8,13-14H,1-2,4-5,7,9-12H2,(H2,18,19,21,22). The van der Waals surface area contributed by atoms with Crippen LogP contribution >= 0.6 is 0 Å². The van der Waals surface area contributed by atoms with Crippen LogP contribution in [0, 0.1) is 0 Å². The summed E-state index contributed by atoms with van der Waals surface area (Å²) in [4.78, 5) is 26.0. The van der Waals surface area contributed by atoms with Gasteiger partial charge >= 0.3 is 6.03 Å². The van der Waals surface area contributed by atoms with Crippen LogP contribution in [0.5, 0.6) is 0 Å². The zero-order chi connectivity index (χ0) is 18.6. The van der Waals surface area contributed by atoms with Crippen LogP contribution in [-0.2, 0) is 21.2 Å². The topological polar surface area (TPSA) is 109 Å². The molecule has 0 bridgehead atoms. The predicted octanol–water partition coefficient (Wildman–Crippen LogP) is 1.04. The minimum atomic E-state index is -3.08. The van der Waals surface area contributed by atoms with Crippen LogP contribution < -0.4 is 10.6 Å². The molecule has 2 fully saturated rings. The lowest BCUT2D eigenvalue weighted by atomic mass is 10.2. The average Bonchev–Trinajstić information content (AvgIpc) is 3.29. The first-order valence-corrected chi connectivity index (χ1v) is 10.8. The minimum absolute atomic E-state index is 0.0231. The van der Waals surface area contributed by atoms with Gasteiger partial charge in [0.1, 0.15) is 5.76 Å². The molecule has 0 aromatic carbocycles. The minimum Gasteiger partial charge on any atom is -0.468 e. The summed E-state index contributed by atoms with van der Waals surface area (Å²) >= 11 is 0. The number of sulfone groups is 1. The van der Waals surface area contributed by atoms with Crippen LogP contribution in [0.15, 0.2) is 22.8 Å². The molecule has 1 unspecified atom stereocenters. The van der Waals surface area contributed by atoms with E-state index in [0.29, 0.717) is 18.7 Å². The third-order valence-electron chi connectivity index (χ3n) is 4.95. The normalized spacial score (nSPS) is 22.6. The van der Waals surface area contributed by atoms with Crippen molar-refractivity contribution >= 4 is 21.8 Å². The van der Waals surface area contributed by atoms with E-state index in [1.807, 2.05) is 0 Å². The van der Waals surface area contributed by atoms with E-state index < -0.39 is 21.8 Å². The largest absolute Gasteiger partial charge is 0.468 e. The molecule has 8 nitrogen and oxygen atoms in total. The maximum Gasteiger partial charge on any atom is 0.321 e. The van der Waals surface area contributed by atoms with E-state index in [0.717, 1.165) is 25.7 Å². The van der Waals surface area contributed by atoms with Gasteiger partial charge in [-0.05, 0) is 31.4 Å². The molecule has 0 spiro atoms. The van der Waals surface area contributed by atoms with Crippen LogP contribution in [0.4, 0.5) is 4.79 Å². The highest BCUT2D eigenvalue weighted by molar-refractivity contribution is 7.91. The van der Waals surface area contributed by atoms with Crippen molar-refractivity contribution in [2.75, 3.05) is 18.1 Å². The molecule has 1 aliphatic heterocycles. The lowest BCUT2D eigenvalue weighted by Crippen LogP contribution is -2.48. The number of nitrogens with zero attached hydrogens (tertiary/aromatic N) is 1. The molecule has 144 valence electrons. The van der Waals surface area contributed by atoms with Crippen LogP contribution in [0.3, 0.4) is 0 Å². The molecule has 2 aliphatic rings. The number of carbonyl (C=O) groups excluding carboxylic acids is 2. The third-order valence-corrected chi connectivity index (χ3v) is 6.70. The Kier molecular flexibility index (Phi) is 5.98. The SMILES string of the molecule is O=C(CN(Cc1ccco1)C1CCS(=O)(=O)C1)NC(=O)NC1CCCC1. The number of nitrogens with one attached hydrogen (secondary N) is 2. The van der Waals surface area contributed by atoms with Crippen molar-refractivity contribution in [3.05, 3.63) is 24.2 Å². The highest BCUT2D eigenvalue weighted by Gasteiger charge is 2.33. The van der Waals surface area contributed by atoms with Crippen molar-refractivity contribution in [1.29, 1.82) is 0 Å². The molecule has 9 heteroatoms. The molecule has 1 aliphatic carbocycles. The van der Waals surface area contributed by atoms with Gasteiger partial charge in [0.25, 0.3) is 0 Å². The van der Waals surface area contributed by atoms with Gasteiger partial charge in [-0.15, -0.1) is 0 Å².